The fourth-order valence-corrected chi connectivity index (χ4v) is 5.59. The van der Waals surface area contributed by atoms with Gasteiger partial charge in [-0.25, -0.2) is 9.31 Å². The van der Waals surface area contributed by atoms with Crippen LogP contribution in [0.1, 0.15) is 24.1 Å². The van der Waals surface area contributed by atoms with E-state index in [1.54, 1.807) is 13.2 Å². The number of hydrogen-bond acceptors (Lipinski definition) is 6. The SMILES string of the molecule is CNC(=O)N1CCN(CCCCc2cc(-c3ccc4cn(Cc5ccccc5)nc4c3)c3c(N)cnnn23)CC1. The molecule has 1 fully saturated rings. The number of anilines is 1. The molecule has 0 bridgehead atoms. The topological polar surface area (TPSA) is 110 Å². The van der Waals surface area contributed by atoms with E-state index >= 15 is 0 Å². The number of nitrogen functional groups attached to an aromatic ring is 1. The van der Waals surface area contributed by atoms with Crippen LogP contribution < -0.4 is 11.1 Å². The predicted octanol–water partition coefficient (Wildman–Crippen LogP) is 3.66. The Bertz CT molecular complexity index is 1620. The Hall–Kier alpha value is -4.44. The second kappa shape index (κ2) is 11.4. The van der Waals surface area contributed by atoms with Crippen molar-refractivity contribution in [2.75, 3.05) is 45.5 Å². The van der Waals surface area contributed by atoms with Crippen molar-refractivity contribution >= 4 is 28.1 Å². The predicted molar refractivity (Wildman–Crippen MR) is 157 cm³/mol. The summed E-state index contributed by atoms with van der Waals surface area (Å²) in [7, 11) is 1.68. The van der Waals surface area contributed by atoms with Crippen LogP contribution in [0.25, 0.3) is 27.5 Å². The summed E-state index contributed by atoms with van der Waals surface area (Å²) in [5, 5.41) is 17.2. The van der Waals surface area contributed by atoms with Gasteiger partial charge in [-0.1, -0.05) is 47.7 Å². The summed E-state index contributed by atoms with van der Waals surface area (Å²) >= 11 is 0. The number of amides is 2. The number of carbonyl (C=O) groups excluding carboxylic acids is 1. The molecule has 0 spiro atoms. The lowest BCUT2D eigenvalue weighted by Gasteiger charge is -2.34. The Kier molecular flexibility index (Phi) is 7.33. The number of urea groups is 1. The number of nitrogens with zero attached hydrogens (tertiary/aromatic N) is 7. The first kappa shape index (κ1) is 25.8. The van der Waals surface area contributed by atoms with Crippen molar-refractivity contribution in [3.8, 4) is 11.1 Å². The van der Waals surface area contributed by atoms with Crippen LogP contribution in [0.3, 0.4) is 0 Å². The van der Waals surface area contributed by atoms with Gasteiger partial charge in [0.25, 0.3) is 0 Å². The maximum Gasteiger partial charge on any atom is 0.317 e. The summed E-state index contributed by atoms with van der Waals surface area (Å²) in [4.78, 5) is 16.1. The molecule has 40 heavy (non-hydrogen) atoms. The van der Waals surface area contributed by atoms with Crippen LogP contribution in [0.5, 0.6) is 0 Å². The molecular formula is C30H35N9O. The summed E-state index contributed by atoms with van der Waals surface area (Å²) in [6.07, 6.45) is 6.69. The number of aromatic nitrogens is 5. The van der Waals surface area contributed by atoms with Crippen molar-refractivity contribution in [1.82, 2.24) is 39.7 Å². The van der Waals surface area contributed by atoms with Gasteiger partial charge in [-0.15, -0.1) is 5.10 Å². The number of benzene rings is 2. The van der Waals surface area contributed by atoms with Gasteiger partial charge in [0.05, 0.1) is 29.5 Å². The van der Waals surface area contributed by atoms with E-state index in [4.69, 9.17) is 10.8 Å². The molecule has 2 amide bonds. The zero-order valence-corrected chi connectivity index (χ0v) is 22.8. The second-order valence-electron chi connectivity index (χ2n) is 10.4. The molecule has 1 saturated heterocycles. The Morgan fingerprint density at radius 3 is 2.65 bits per heavy atom. The van der Waals surface area contributed by atoms with Gasteiger partial charge in [0.15, 0.2) is 0 Å². The van der Waals surface area contributed by atoms with Gasteiger partial charge >= 0.3 is 6.03 Å². The van der Waals surface area contributed by atoms with E-state index in [1.807, 2.05) is 20.2 Å². The number of fused-ring (bicyclic) bond motifs is 2. The van der Waals surface area contributed by atoms with Crippen LogP contribution in [-0.2, 0) is 13.0 Å². The van der Waals surface area contributed by atoms with Crippen LogP contribution in [0, 0.1) is 0 Å². The number of hydrogen-bond donors (Lipinski definition) is 2. The van der Waals surface area contributed by atoms with E-state index in [0.717, 1.165) is 91.8 Å². The molecule has 0 aliphatic carbocycles. The van der Waals surface area contributed by atoms with Gasteiger partial charge in [0, 0.05) is 56.1 Å². The quantitative estimate of drug-likeness (QED) is 0.293. The highest BCUT2D eigenvalue weighted by Gasteiger charge is 2.20. The minimum Gasteiger partial charge on any atom is -0.396 e. The zero-order chi connectivity index (χ0) is 27.5. The Balaban J connectivity index is 1.16. The minimum absolute atomic E-state index is 0.00984. The number of unbranched alkanes of at least 4 members (excludes halogenated alkanes) is 1. The number of rotatable bonds is 8. The Labute approximate surface area is 233 Å². The number of aryl methyl sites for hydroxylation is 1. The van der Waals surface area contributed by atoms with E-state index in [9.17, 15) is 4.79 Å². The molecular weight excluding hydrogens is 502 g/mol. The van der Waals surface area contributed by atoms with Gasteiger partial charge in [0.1, 0.15) is 0 Å². The third kappa shape index (κ3) is 5.35. The normalized spacial score (nSPS) is 14.3. The molecule has 0 radical (unpaired) electrons. The minimum atomic E-state index is 0.00984. The van der Waals surface area contributed by atoms with E-state index < -0.39 is 0 Å². The van der Waals surface area contributed by atoms with Gasteiger partial charge in [-0.3, -0.25) is 9.58 Å². The van der Waals surface area contributed by atoms with Gasteiger partial charge in [-0.05, 0) is 49.1 Å². The molecule has 3 N–H and O–H groups in total. The van der Waals surface area contributed by atoms with Crippen LogP contribution in [-0.4, -0.2) is 80.2 Å². The average Bonchev–Trinajstić information content (AvgIpc) is 3.57. The summed E-state index contributed by atoms with van der Waals surface area (Å²) in [6.45, 7) is 5.13. The van der Waals surface area contributed by atoms with Crippen molar-refractivity contribution in [3.05, 3.63) is 78.2 Å². The molecule has 5 aromatic rings. The van der Waals surface area contributed by atoms with Crippen molar-refractivity contribution in [1.29, 1.82) is 0 Å². The lowest BCUT2D eigenvalue weighted by Crippen LogP contribution is -2.51. The fourth-order valence-electron chi connectivity index (χ4n) is 5.59. The molecule has 2 aromatic carbocycles. The molecule has 6 rings (SSSR count). The smallest absolute Gasteiger partial charge is 0.317 e. The Morgan fingerprint density at radius 1 is 1.02 bits per heavy atom. The maximum absolute atomic E-state index is 11.8. The number of nitrogens with two attached hydrogens (primary N) is 1. The monoisotopic (exact) mass is 537 g/mol. The van der Waals surface area contributed by atoms with E-state index in [-0.39, 0.29) is 6.03 Å². The van der Waals surface area contributed by atoms with E-state index in [0.29, 0.717) is 5.69 Å². The fraction of sp³-hybridized carbons (Fsp3) is 0.333. The van der Waals surface area contributed by atoms with Crippen LogP contribution in [0.2, 0.25) is 0 Å². The molecule has 1 aliphatic rings. The molecule has 0 atom stereocenters. The summed E-state index contributed by atoms with van der Waals surface area (Å²) in [5.41, 5.74) is 13.3. The summed E-state index contributed by atoms with van der Waals surface area (Å²) in [5.74, 6) is 0. The first-order chi connectivity index (χ1) is 19.6. The molecule has 3 aromatic heterocycles. The number of piperazine rings is 1. The highest BCUT2D eigenvalue weighted by Crippen LogP contribution is 2.33. The zero-order valence-electron chi connectivity index (χ0n) is 22.8. The molecule has 10 heteroatoms. The summed E-state index contributed by atoms with van der Waals surface area (Å²) in [6, 6.07) is 19.0. The van der Waals surface area contributed by atoms with Crippen molar-refractivity contribution in [2.24, 2.45) is 0 Å². The molecule has 0 unspecified atom stereocenters. The summed E-state index contributed by atoms with van der Waals surface area (Å²) < 4.78 is 3.89. The van der Waals surface area contributed by atoms with E-state index in [1.165, 1.54) is 5.56 Å². The van der Waals surface area contributed by atoms with Crippen molar-refractivity contribution < 1.29 is 4.79 Å². The highest BCUT2D eigenvalue weighted by atomic mass is 16.2. The van der Waals surface area contributed by atoms with Crippen LogP contribution in [0.4, 0.5) is 10.5 Å². The maximum atomic E-state index is 11.8. The van der Waals surface area contributed by atoms with Gasteiger partial charge < -0.3 is 16.0 Å². The molecule has 10 nitrogen and oxygen atoms in total. The first-order valence-electron chi connectivity index (χ1n) is 13.9. The second-order valence-corrected chi connectivity index (χ2v) is 10.4. The van der Waals surface area contributed by atoms with Gasteiger partial charge in [-0.2, -0.15) is 5.10 Å². The molecule has 1 aliphatic heterocycles. The van der Waals surface area contributed by atoms with Crippen molar-refractivity contribution in [3.63, 3.8) is 0 Å². The lowest BCUT2D eigenvalue weighted by molar-refractivity contribution is 0.139. The third-order valence-corrected chi connectivity index (χ3v) is 7.75. The molecule has 206 valence electrons. The van der Waals surface area contributed by atoms with E-state index in [2.05, 4.69) is 75.3 Å². The Morgan fingerprint density at radius 2 is 1.85 bits per heavy atom. The standard InChI is InChI=1S/C30H35N9O/c1-32-30(40)37-15-13-36(14-16-37)12-6-5-9-25-18-26(29-27(31)19-33-35-39(25)29)23-10-11-24-21-38(34-28(24)17-23)20-22-7-3-2-4-8-22/h2-4,7-8,10-11,17-19,21H,5-6,9,12-16,20,31H2,1H3,(H,32,40). The lowest BCUT2D eigenvalue weighted by atomic mass is 10.0. The molecule has 4 heterocycles. The van der Waals surface area contributed by atoms with Crippen LogP contribution >= 0.6 is 0 Å². The third-order valence-electron chi connectivity index (χ3n) is 7.75. The molecule has 0 saturated carbocycles. The average molecular weight is 538 g/mol. The first-order valence-corrected chi connectivity index (χ1v) is 13.9. The van der Waals surface area contributed by atoms with Crippen LogP contribution in [0.15, 0.2) is 67.0 Å². The largest absolute Gasteiger partial charge is 0.396 e. The van der Waals surface area contributed by atoms with Gasteiger partial charge in [0.2, 0.25) is 0 Å². The number of nitrogens with one attached hydrogen (secondary N) is 1. The van der Waals surface area contributed by atoms with Crippen molar-refractivity contribution in [2.45, 2.75) is 25.8 Å². The number of carbonyl (C=O) groups is 1. The highest BCUT2D eigenvalue weighted by molar-refractivity contribution is 5.93.